The highest BCUT2D eigenvalue weighted by atomic mass is 79.9. The molecule has 0 amide bonds. The highest BCUT2D eigenvalue weighted by Gasteiger charge is 2.20. The van der Waals surface area contributed by atoms with E-state index in [1.54, 1.807) is 18.2 Å². The molecule has 0 spiro atoms. The maximum absolute atomic E-state index is 13.6. The first-order valence-corrected chi connectivity index (χ1v) is 7.91. The average molecular weight is 359 g/mol. The predicted octanol–water partition coefficient (Wildman–Crippen LogP) is 3.28. The Hall–Kier alpha value is -1.60. The quantitative estimate of drug-likeness (QED) is 0.827. The molecular formula is C13H12BrFN2O2S. The third kappa shape index (κ3) is 3.10. The second-order valence-corrected chi connectivity index (χ2v) is 6.78. The van der Waals surface area contributed by atoms with E-state index in [0.29, 0.717) is 10.2 Å². The van der Waals surface area contributed by atoms with Gasteiger partial charge in [-0.1, -0.05) is 6.07 Å². The van der Waals surface area contributed by atoms with Gasteiger partial charge in [-0.25, -0.2) is 12.8 Å². The summed E-state index contributed by atoms with van der Waals surface area (Å²) in [7, 11) is -4.04. The van der Waals surface area contributed by atoms with Crippen molar-refractivity contribution in [2.45, 2.75) is 11.8 Å². The van der Waals surface area contributed by atoms with E-state index in [1.165, 1.54) is 6.07 Å². The largest absolute Gasteiger partial charge is 0.399 e. The lowest BCUT2D eigenvalue weighted by molar-refractivity contribution is 0.570. The van der Waals surface area contributed by atoms with E-state index in [0.717, 1.165) is 17.7 Å². The molecule has 0 bridgehead atoms. The van der Waals surface area contributed by atoms with Crippen LogP contribution in [-0.2, 0) is 10.0 Å². The van der Waals surface area contributed by atoms with Crippen LogP contribution in [-0.4, -0.2) is 8.42 Å². The van der Waals surface area contributed by atoms with Gasteiger partial charge in [-0.15, -0.1) is 0 Å². The van der Waals surface area contributed by atoms with Crippen molar-refractivity contribution in [3.8, 4) is 0 Å². The van der Waals surface area contributed by atoms with Crippen LogP contribution in [0.5, 0.6) is 0 Å². The van der Waals surface area contributed by atoms with Gasteiger partial charge in [-0.05, 0) is 58.7 Å². The summed E-state index contributed by atoms with van der Waals surface area (Å²) < 4.78 is 40.9. The fourth-order valence-corrected chi connectivity index (χ4v) is 3.55. The van der Waals surface area contributed by atoms with E-state index in [1.807, 2.05) is 6.92 Å². The molecule has 0 saturated carbocycles. The average Bonchev–Trinajstić information content (AvgIpc) is 2.35. The Bertz CT molecular complexity index is 763. The maximum Gasteiger partial charge on any atom is 0.264 e. The highest BCUT2D eigenvalue weighted by Crippen LogP contribution is 2.27. The molecule has 0 unspecified atom stereocenters. The molecule has 2 rings (SSSR count). The molecule has 106 valence electrons. The van der Waals surface area contributed by atoms with Crippen molar-refractivity contribution in [3.63, 3.8) is 0 Å². The van der Waals surface area contributed by atoms with E-state index in [2.05, 4.69) is 20.7 Å². The molecule has 4 nitrogen and oxygen atoms in total. The Morgan fingerprint density at radius 1 is 1.20 bits per heavy atom. The number of hydrogen-bond donors (Lipinski definition) is 2. The number of rotatable bonds is 3. The molecule has 0 aliphatic carbocycles. The smallest absolute Gasteiger partial charge is 0.264 e. The van der Waals surface area contributed by atoms with Gasteiger partial charge in [-0.3, -0.25) is 4.72 Å². The van der Waals surface area contributed by atoms with Gasteiger partial charge in [0.1, 0.15) is 10.7 Å². The molecule has 2 aromatic rings. The van der Waals surface area contributed by atoms with Crippen molar-refractivity contribution >= 4 is 37.3 Å². The molecule has 0 fully saturated rings. The summed E-state index contributed by atoms with van der Waals surface area (Å²) in [6, 6.07) is 8.51. The number of nitrogens with two attached hydrogens (primary N) is 1. The van der Waals surface area contributed by atoms with Gasteiger partial charge in [-0.2, -0.15) is 0 Å². The SMILES string of the molecule is Cc1ccc(NS(=O)(=O)c2cc(N)ccc2F)c(Br)c1. The van der Waals surface area contributed by atoms with Crippen LogP contribution in [0.4, 0.5) is 15.8 Å². The Balaban J connectivity index is 2.43. The topological polar surface area (TPSA) is 72.2 Å². The number of sulfonamides is 1. The van der Waals surface area contributed by atoms with Crippen LogP contribution < -0.4 is 10.5 Å². The van der Waals surface area contributed by atoms with E-state index in [9.17, 15) is 12.8 Å². The first kappa shape index (κ1) is 14.8. The standard InChI is InChI=1S/C13H12BrFN2O2S/c1-8-2-5-12(10(14)6-8)17-20(18,19)13-7-9(16)3-4-11(13)15/h2-7,17H,16H2,1H3. The molecule has 0 radical (unpaired) electrons. The Kier molecular flexibility index (Phi) is 4.01. The van der Waals surface area contributed by atoms with E-state index < -0.39 is 20.7 Å². The third-order valence-corrected chi connectivity index (χ3v) is 4.65. The Labute approximate surface area is 125 Å². The lowest BCUT2D eigenvalue weighted by Crippen LogP contribution is -2.15. The summed E-state index contributed by atoms with van der Waals surface area (Å²) in [4.78, 5) is -0.482. The summed E-state index contributed by atoms with van der Waals surface area (Å²) in [6.07, 6.45) is 0. The zero-order chi connectivity index (χ0) is 14.9. The van der Waals surface area contributed by atoms with Crippen LogP contribution >= 0.6 is 15.9 Å². The molecule has 0 saturated heterocycles. The molecule has 7 heteroatoms. The number of benzene rings is 2. The lowest BCUT2D eigenvalue weighted by Gasteiger charge is -2.11. The third-order valence-electron chi connectivity index (χ3n) is 2.61. The molecule has 0 aliphatic heterocycles. The minimum Gasteiger partial charge on any atom is -0.399 e. The van der Waals surface area contributed by atoms with Crippen molar-refractivity contribution in [3.05, 3.63) is 52.3 Å². The zero-order valence-electron chi connectivity index (χ0n) is 10.5. The van der Waals surface area contributed by atoms with Crippen molar-refractivity contribution in [2.24, 2.45) is 0 Å². The van der Waals surface area contributed by atoms with Crippen LogP contribution in [0.25, 0.3) is 0 Å². The number of hydrogen-bond acceptors (Lipinski definition) is 3. The highest BCUT2D eigenvalue weighted by molar-refractivity contribution is 9.10. The number of nitrogens with one attached hydrogen (secondary N) is 1. The summed E-state index contributed by atoms with van der Waals surface area (Å²) in [5.41, 5.74) is 6.97. The van der Waals surface area contributed by atoms with Crippen LogP contribution in [0.1, 0.15) is 5.56 Å². The van der Waals surface area contributed by atoms with Gasteiger partial charge in [0.05, 0.1) is 5.69 Å². The lowest BCUT2D eigenvalue weighted by atomic mass is 10.2. The van der Waals surface area contributed by atoms with Crippen LogP contribution in [0.2, 0.25) is 0 Å². The minimum atomic E-state index is -4.04. The number of aryl methyl sites for hydroxylation is 1. The molecule has 0 heterocycles. The minimum absolute atomic E-state index is 0.176. The molecule has 0 aliphatic rings. The first-order valence-electron chi connectivity index (χ1n) is 5.63. The molecule has 3 N–H and O–H groups in total. The zero-order valence-corrected chi connectivity index (χ0v) is 12.9. The normalized spacial score (nSPS) is 11.3. The van der Waals surface area contributed by atoms with Crippen LogP contribution in [0, 0.1) is 12.7 Å². The van der Waals surface area contributed by atoms with E-state index in [4.69, 9.17) is 5.73 Å². The van der Waals surface area contributed by atoms with E-state index >= 15 is 0 Å². The van der Waals surface area contributed by atoms with Gasteiger partial charge in [0.25, 0.3) is 10.0 Å². The van der Waals surface area contributed by atoms with Crippen molar-refractivity contribution in [2.75, 3.05) is 10.5 Å². The molecule has 2 aromatic carbocycles. The summed E-state index contributed by atoms with van der Waals surface area (Å²) in [5.74, 6) is -0.852. The number of halogens is 2. The predicted molar refractivity (Wildman–Crippen MR) is 80.5 cm³/mol. The van der Waals surface area contributed by atoms with Crippen LogP contribution in [0.3, 0.4) is 0 Å². The Morgan fingerprint density at radius 2 is 1.90 bits per heavy atom. The summed E-state index contributed by atoms with van der Waals surface area (Å²) in [5, 5.41) is 0. The van der Waals surface area contributed by atoms with Gasteiger partial charge in [0, 0.05) is 10.2 Å². The van der Waals surface area contributed by atoms with Gasteiger partial charge < -0.3 is 5.73 Å². The van der Waals surface area contributed by atoms with Gasteiger partial charge in [0.2, 0.25) is 0 Å². The monoisotopic (exact) mass is 358 g/mol. The van der Waals surface area contributed by atoms with Gasteiger partial charge >= 0.3 is 0 Å². The van der Waals surface area contributed by atoms with Crippen LogP contribution in [0.15, 0.2) is 45.8 Å². The second kappa shape index (κ2) is 5.41. The van der Waals surface area contributed by atoms with Crippen molar-refractivity contribution in [1.29, 1.82) is 0 Å². The summed E-state index contributed by atoms with van der Waals surface area (Å²) >= 11 is 3.26. The van der Waals surface area contributed by atoms with Crippen molar-refractivity contribution < 1.29 is 12.8 Å². The first-order chi connectivity index (χ1) is 9.29. The fourth-order valence-electron chi connectivity index (χ4n) is 1.63. The molecule has 0 atom stereocenters. The molecule has 20 heavy (non-hydrogen) atoms. The second-order valence-electron chi connectivity index (χ2n) is 4.28. The van der Waals surface area contributed by atoms with Gasteiger partial charge in [0.15, 0.2) is 0 Å². The Morgan fingerprint density at radius 3 is 2.55 bits per heavy atom. The van der Waals surface area contributed by atoms with Crippen molar-refractivity contribution in [1.82, 2.24) is 0 Å². The summed E-state index contributed by atoms with van der Waals surface area (Å²) in [6.45, 7) is 1.88. The fraction of sp³-hybridized carbons (Fsp3) is 0.0769. The van der Waals surface area contributed by atoms with E-state index in [-0.39, 0.29) is 5.69 Å². The molecular weight excluding hydrogens is 347 g/mol. The maximum atomic E-state index is 13.6. The number of nitrogen functional groups attached to an aromatic ring is 1. The molecule has 0 aromatic heterocycles. The number of anilines is 2.